The average molecular weight is 422 g/mol. The van der Waals surface area contributed by atoms with Crippen molar-refractivity contribution in [1.82, 2.24) is 4.57 Å². The van der Waals surface area contributed by atoms with Crippen LogP contribution in [-0.2, 0) is 6.54 Å². The van der Waals surface area contributed by atoms with Crippen molar-refractivity contribution in [3.63, 3.8) is 0 Å². The molecule has 3 aromatic rings. The van der Waals surface area contributed by atoms with Crippen LogP contribution in [0, 0.1) is 5.82 Å². The van der Waals surface area contributed by atoms with Crippen LogP contribution in [0.2, 0.25) is 0 Å². The van der Waals surface area contributed by atoms with Crippen LogP contribution in [0.15, 0.2) is 59.5 Å². The minimum absolute atomic E-state index is 0.0426. The zero-order valence-electron chi connectivity index (χ0n) is 17.6. The van der Waals surface area contributed by atoms with E-state index in [1.165, 1.54) is 12.1 Å². The molecule has 1 aliphatic carbocycles. The van der Waals surface area contributed by atoms with Crippen LogP contribution < -0.4 is 5.56 Å². The summed E-state index contributed by atoms with van der Waals surface area (Å²) in [6.07, 6.45) is 8.22. The molecule has 1 aliphatic rings. The molecule has 0 amide bonds. The molecule has 1 fully saturated rings. The number of benzene rings is 2. The van der Waals surface area contributed by atoms with Crippen LogP contribution in [0.3, 0.4) is 0 Å². The molecule has 0 bridgehead atoms. The Morgan fingerprint density at radius 2 is 1.68 bits per heavy atom. The molecule has 0 radical (unpaired) electrons. The number of aromatic nitrogens is 1. The number of rotatable bonds is 6. The van der Waals surface area contributed by atoms with E-state index in [1.54, 1.807) is 47.2 Å². The van der Waals surface area contributed by atoms with E-state index >= 15 is 0 Å². The molecule has 0 atom stereocenters. The molecule has 2 aromatic carbocycles. The summed E-state index contributed by atoms with van der Waals surface area (Å²) in [5, 5.41) is 12.0. The molecule has 4 rings (SSSR count). The van der Waals surface area contributed by atoms with Gasteiger partial charge in [0.1, 0.15) is 5.82 Å². The fourth-order valence-electron chi connectivity index (χ4n) is 4.59. The molecule has 0 unspecified atom stereocenters. The largest absolute Gasteiger partial charge is 0.390 e. The summed E-state index contributed by atoms with van der Waals surface area (Å²) in [6.45, 7) is 0.334. The van der Waals surface area contributed by atoms with Gasteiger partial charge in [-0.25, -0.2) is 4.39 Å². The molecule has 162 valence electrons. The van der Waals surface area contributed by atoms with Crippen molar-refractivity contribution >= 4 is 16.6 Å². The Hall–Kier alpha value is -2.79. The summed E-state index contributed by atoms with van der Waals surface area (Å²) in [5.74, 6) is -0.356. The first-order chi connectivity index (χ1) is 15.0. The van der Waals surface area contributed by atoms with Crippen molar-refractivity contribution in [1.29, 1.82) is 0 Å². The van der Waals surface area contributed by atoms with Gasteiger partial charge in [-0.2, -0.15) is 0 Å². The molecule has 1 aromatic heterocycles. The quantitative estimate of drug-likeness (QED) is 0.438. The van der Waals surface area contributed by atoms with E-state index in [2.05, 4.69) is 0 Å². The maximum absolute atomic E-state index is 13.1. The lowest BCUT2D eigenvalue weighted by Gasteiger charge is -2.26. The van der Waals surface area contributed by atoms with E-state index in [4.69, 9.17) is 0 Å². The van der Waals surface area contributed by atoms with Crippen LogP contribution in [-0.4, -0.2) is 21.1 Å². The zero-order chi connectivity index (χ0) is 21.8. The molecule has 0 saturated heterocycles. The molecule has 0 spiro atoms. The van der Waals surface area contributed by atoms with Gasteiger partial charge in [0.25, 0.3) is 5.56 Å². The van der Waals surface area contributed by atoms with Crippen molar-refractivity contribution in [3.8, 4) is 0 Å². The third kappa shape index (κ3) is 4.93. The molecule has 5 heteroatoms. The lowest BCUT2D eigenvalue weighted by molar-refractivity contribution is 0.0148. The normalized spacial score (nSPS) is 16.2. The second-order valence-electron chi connectivity index (χ2n) is 8.70. The number of carbonyl (C=O) groups is 1. The maximum atomic E-state index is 13.1. The summed E-state index contributed by atoms with van der Waals surface area (Å²) in [7, 11) is 0. The first kappa shape index (κ1) is 21.4. The highest BCUT2D eigenvalue weighted by atomic mass is 19.1. The van der Waals surface area contributed by atoms with E-state index in [0.29, 0.717) is 29.3 Å². The van der Waals surface area contributed by atoms with E-state index in [0.717, 1.165) is 44.1 Å². The number of halogens is 1. The standard InChI is InChI=1S/C26H28FNO3/c27-20-10-8-19(9-11-20)18-28-17-13-21-22(6-5-7-23(21)25(28)30)24(29)12-16-26(31)14-3-1-2-4-15-26/h5-11,13,17,31H,1-4,12,14-16,18H2. The van der Waals surface area contributed by atoms with Gasteiger partial charge >= 0.3 is 0 Å². The first-order valence-electron chi connectivity index (χ1n) is 11.1. The Balaban J connectivity index is 1.56. The van der Waals surface area contributed by atoms with Crippen LogP contribution in [0.5, 0.6) is 0 Å². The molecule has 4 nitrogen and oxygen atoms in total. The molecular weight excluding hydrogens is 393 g/mol. The fraction of sp³-hybridized carbons (Fsp3) is 0.385. The number of fused-ring (bicyclic) bond motifs is 1. The predicted molar refractivity (Wildman–Crippen MR) is 120 cm³/mol. The maximum Gasteiger partial charge on any atom is 0.258 e. The number of ketones is 1. The Morgan fingerprint density at radius 1 is 0.968 bits per heavy atom. The molecule has 1 saturated carbocycles. The van der Waals surface area contributed by atoms with Gasteiger partial charge in [0.05, 0.1) is 12.1 Å². The Morgan fingerprint density at radius 3 is 2.39 bits per heavy atom. The predicted octanol–water partition coefficient (Wildman–Crippen LogP) is 5.24. The molecular formula is C26H28FNO3. The number of pyridine rings is 1. The first-order valence-corrected chi connectivity index (χ1v) is 11.1. The summed E-state index contributed by atoms with van der Waals surface area (Å²) < 4.78 is 14.7. The van der Waals surface area contributed by atoms with Gasteiger partial charge in [0, 0.05) is 23.6 Å². The monoisotopic (exact) mass is 421 g/mol. The van der Waals surface area contributed by atoms with Crippen molar-refractivity contribution in [2.45, 2.75) is 63.5 Å². The number of nitrogens with zero attached hydrogens (tertiary/aromatic N) is 1. The Labute approximate surface area is 181 Å². The van der Waals surface area contributed by atoms with Crippen LogP contribution in [0.25, 0.3) is 10.8 Å². The third-order valence-corrected chi connectivity index (χ3v) is 6.44. The lowest BCUT2D eigenvalue weighted by Crippen LogP contribution is -2.28. The zero-order valence-corrected chi connectivity index (χ0v) is 17.6. The lowest BCUT2D eigenvalue weighted by atomic mass is 9.87. The second-order valence-corrected chi connectivity index (χ2v) is 8.70. The summed E-state index contributed by atoms with van der Waals surface area (Å²) >= 11 is 0. The molecule has 1 heterocycles. The topological polar surface area (TPSA) is 59.3 Å². The Bertz CT molecular complexity index is 1130. The number of hydrogen-bond donors (Lipinski definition) is 1. The summed E-state index contributed by atoms with van der Waals surface area (Å²) in [5.41, 5.74) is 0.421. The number of aliphatic hydroxyl groups is 1. The molecule has 1 N–H and O–H groups in total. The van der Waals surface area contributed by atoms with Gasteiger partial charge in [-0.05, 0) is 54.5 Å². The van der Waals surface area contributed by atoms with E-state index in [1.807, 2.05) is 0 Å². The van der Waals surface area contributed by atoms with Crippen molar-refractivity contribution in [2.24, 2.45) is 0 Å². The highest BCUT2D eigenvalue weighted by Crippen LogP contribution is 2.31. The highest BCUT2D eigenvalue weighted by molar-refractivity contribution is 6.07. The van der Waals surface area contributed by atoms with Crippen molar-refractivity contribution in [3.05, 3.63) is 82.0 Å². The average Bonchev–Trinajstić information content (AvgIpc) is 3.00. The molecule has 31 heavy (non-hydrogen) atoms. The van der Waals surface area contributed by atoms with Gasteiger partial charge in [-0.1, -0.05) is 49.9 Å². The Kier molecular flexibility index (Phi) is 6.33. The minimum atomic E-state index is -0.751. The smallest absolute Gasteiger partial charge is 0.258 e. The van der Waals surface area contributed by atoms with Gasteiger partial charge < -0.3 is 9.67 Å². The van der Waals surface area contributed by atoms with E-state index in [9.17, 15) is 19.1 Å². The van der Waals surface area contributed by atoms with Crippen molar-refractivity contribution < 1.29 is 14.3 Å². The number of Topliss-reactive ketones (excluding diaryl/α,β-unsaturated/α-hetero) is 1. The number of carbonyl (C=O) groups excluding carboxylic acids is 1. The van der Waals surface area contributed by atoms with Gasteiger partial charge in [0.15, 0.2) is 5.78 Å². The van der Waals surface area contributed by atoms with E-state index < -0.39 is 5.60 Å². The van der Waals surface area contributed by atoms with Crippen LogP contribution in [0.4, 0.5) is 4.39 Å². The summed E-state index contributed by atoms with van der Waals surface area (Å²) in [6, 6.07) is 13.1. The van der Waals surface area contributed by atoms with Gasteiger partial charge in [0.2, 0.25) is 0 Å². The van der Waals surface area contributed by atoms with Gasteiger partial charge in [-0.3, -0.25) is 9.59 Å². The SMILES string of the molecule is O=C(CCC1(O)CCCCCC1)c1cccc2c(=O)n(Cc3ccc(F)cc3)ccc12. The second kappa shape index (κ2) is 9.15. The van der Waals surface area contributed by atoms with Crippen LogP contribution >= 0.6 is 0 Å². The molecule has 0 aliphatic heterocycles. The highest BCUT2D eigenvalue weighted by Gasteiger charge is 2.28. The minimum Gasteiger partial charge on any atom is -0.390 e. The third-order valence-electron chi connectivity index (χ3n) is 6.44. The van der Waals surface area contributed by atoms with E-state index in [-0.39, 0.29) is 23.6 Å². The summed E-state index contributed by atoms with van der Waals surface area (Å²) in [4.78, 5) is 26.0. The number of hydrogen-bond acceptors (Lipinski definition) is 3. The fourth-order valence-corrected chi connectivity index (χ4v) is 4.59. The van der Waals surface area contributed by atoms with Gasteiger partial charge in [-0.15, -0.1) is 0 Å². The van der Waals surface area contributed by atoms with Crippen LogP contribution in [0.1, 0.15) is 67.3 Å². The van der Waals surface area contributed by atoms with Crippen molar-refractivity contribution in [2.75, 3.05) is 0 Å².